The molecule has 1 aromatic rings. The third-order valence-corrected chi connectivity index (χ3v) is 1.98. The van der Waals surface area contributed by atoms with Gasteiger partial charge >= 0.3 is 18.3 Å². The Morgan fingerprint density at radius 3 is 2.00 bits per heavy atom. The van der Waals surface area contributed by atoms with Crippen LogP contribution in [-0.4, -0.2) is 36.6 Å². The summed E-state index contributed by atoms with van der Waals surface area (Å²) in [5.41, 5.74) is -0.737. The molecule has 0 radical (unpaired) electrons. The summed E-state index contributed by atoms with van der Waals surface area (Å²) >= 11 is 0. The zero-order valence-corrected chi connectivity index (χ0v) is 10.1. The number of halogens is 6. The Labute approximate surface area is 113 Å². The number of ether oxygens (including phenoxy) is 2. The Bertz CT molecular complexity index is 508. The molecule has 0 fully saturated rings. The van der Waals surface area contributed by atoms with Crippen molar-refractivity contribution in [3.8, 4) is 11.5 Å². The zero-order valence-electron chi connectivity index (χ0n) is 10.1. The molecule has 0 saturated heterocycles. The molecule has 0 aliphatic heterocycles. The van der Waals surface area contributed by atoms with E-state index in [1.165, 1.54) is 0 Å². The van der Waals surface area contributed by atoms with E-state index in [4.69, 9.17) is 5.11 Å². The molecular weight excluding hydrogens is 310 g/mol. The van der Waals surface area contributed by atoms with Gasteiger partial charge in [-0.3, -0.25) is 0 Å². The molecule has 0 spiro atoms. The number of hydrogen-bond acceptors (Lipinski definition) is 3. The molecule has 1 aromatic carbocycles. The fourth-order valence-electron chi connectivity index (χ4n) is 1.26. The number of rotatable bonds is 5. The van der Waals surface area contributed by atoms with E-state index in [1.54, 1.807) is 0 Å². The highest BCUT2D eigenvalue weighted by atomic mass is 19.4. The van der Waals surface area contributed by atoms with Crippen LogP contribution in [0.3, 0.4) is 0 Å². The molecule has 0 bridgehead atoms. The number of alkyl halides is 6. The minimum absolute atomic E-state index is 0.737. The third-order valence-electron chi connectivity index (χ3n) is 1.98. The lowest BCUT2D eigenvalue weighted by atomic mass is 10.2. The minimum atomic E-state index is -4.78. The molecule has 10 heteroatoms. The van der Waals surface area contributed by atoms with Gasteiger partial charge in [-0.25, -0.2) is 4.79 Å². The van der Waals surface area contributed by atoms with Gasteiger partial charge in [0.1, 0.15) is 5.56 Å². The summed E-state index contributed by atoms with van der Waals surface area (Å²) in [6.45, 7) is -3.65. The Morgan fingerprint density at radius 2 is 1.52 bits per heavy atom. The van der Waals surface area contributed by atoms with Gasteiger partial charge in [0.25, 0.3) is 0 Å². The van der Waals surface area contributed by atoms with Crippen molar-refractivity contribution in [3.05, 3.63) is 23.8 Å². The normalized spacial score (nSPS) is 12.1. The Balaban J connectivity index is 3.05. The van der Waals surface area contributed by atoms with Crippen molar-refractivity contribution in [2.24, 2.45) is 0 Å². The highest BCUT2D eigenvalue weighted by Crippen LogP contribution is 2.34. The van der Waals surface area contributed by atoms with Crippen LogP contribution in [0.1, 0.15) is 10.4 Å². The summed E-state index contributed by atoms with van der Waals surface area (Å²) < 4.78 is 80.9. The monoisotopic (exact) mass is 318 g/mol. The molecule has 21 heavy (non-hydrogen) atoms. The van der Waals surface area contributed by atoms with Gasteiger partial charge in [0.15, 0.2) is 24.7 Å². The number of para-hydroxylation sites is 1. The van der Waals surface area contributed by atoms with Crippen LogP contribution in [0.15, 0.2) is 18.2 Å². The van der Waals surface area contributed by atoms with Gasteiger partial charge in [0.05, 0.1) is 0 Å². The van der Waals surface area contributed by atoms with E-state index in [-0.39, 0.29) is 0 Å². The van der Waals surface area contributed by atoms with Crippen molar-refractivity contribution in [2.45, 2.75) is 12.4 Å². The molecule has 0 atom stereocenters. The molecule has 118 valence electrons. The molecule has 0 heterocycles. The second-order valence-corrected chi connectivity index (χ2v) is 3.75. The maximum atomic E-state index is 12.1. The van der Waals surface area contributed by atoms with Crippen LogP contribution in [0.2, 0.25) is 0 Å². The van der Waals surface area contributed by atoms with Gasteiger partial charge in [0.2, 0.25) is 0 Å². The summed E-state index contributed by atoms with van der Waals surface area (Å²) in [5, 5.41) is 8.81. The Hall–Kier alpha value is -2.13. The summed E-state index contributed by atoms with van der Waals surface area (Å²) in [4.78, 5) is 10.9. The van der Waals surface area contributed by atoms with Crippen molar-refractivity contribution >= 4 is 5.97 Å². The largest absolute Gasteiger partial charge is 0.480 e. The molecule has 0 saturated carbocycles. The second kappa shape index (κ2) is 6.10. The van der Waals surface area contributed by atoms with Crippen LogP contribution in [-0.2, 0) is 0 Å². The standard InChI is InChI=1S/C11H8F6O4/c12-10(13,14)4-20-7-3-1-2-6(9(18)19)8(7)21-5-11(15,16)17/h1-3H,4-5H2,(H,18,19). The van der Waals surface area contributed by atoms with Gasteiger partial charge in [-0.1, -0.05) is 6.07 Å². The molecule has 0 unspecified atom stereocenters. The van der Waals surface area contributed by atoms with E-state index < -0.39 is 48.6 Å². The summed E-state index contributed by atoms with van der Waals surface area (Å²) in [5.74, 6) is -3.31. The Kier molecular flexibility index (Phi) is 4.92. The number of carboxylic acid groups (broad SMARTS) is 1. The lowest BCUT2D eigenvalue weighted by Gasteiger charge is -2.16. The average Bonchev–Trinajstić information content (AvgIpc) is 2.31. The van der Waals surface area contributed by atoms with Crippen LogP contribution in [0.4, 0.5) is 26.3 Å². The third kappa shape index (κ3) is 5.79. The summed E-state index contributed by atoms with van der Waals surface area (Å²) in [6.07, 6.45) is -9.52. The first-order valence-electron chi connectivity index (χ1n) is 5.25. The van der Waals surface area contributed by atoms with Crippen LogP contribution in [0.25, 0.3) is 0 Å². The Morgan fingerprint density at radius 1 is 1.00 bits per heavy atom. The van der Waals surface area contributed by atoms with E-state index in [2.05, 4.69) is 9.47 Å². The van der Waals surface area contributed by atoms with E-state index in [0.717, 1.165) is 18.2 Å². The van der Waals surface area contributed by atoms with Crippen molar-refractivity contribution in [3.63, 3.8) is 0 Å². The molecular formula is C11H8F6O4. The molecule has 1 N–H and O–H groups in total. The first-order valence-corrected chi connectivity index (χ1v) is 5.25. The number of aromatic carboxylic acids is 1. The van der Waals surface area contributed by atoms with E-state index in [1.807, 2.05) is 0 Å². The van der Waals surface area contributed by atoms with Crippen molar-refractivity contribution < 1.29 is 45.7 Å². The smallest absolute Gasteiger partial charge is 0.422 e. The molecule has 0 aliphatic rings. The van der Waals surface area contributed by atoms with Gasteiger partial charge < -0.3 is 14.6 Å². The lowest BCUT2D eigenvalue weighted by Crippen LogP contribution is -2.22. The van der Waals surface area contributed by atoms with Crippen LogP contribution < -0.4 is 9.47 Å². The zero-order chi connectivity index (χ0) is 16.3. The number of benzene rings is 1. The topological polar surface area (TPSA) is 55.8 Å². The molecule has 0 amide bonds. The van der Waals surface area contributed by atoms with Crippen LogP contribution in [0.5, 0.6) is 11.5 Å². The molecule has 1 rings (SSSR count). The summed E-state index contributed by atoms with van der Waals surface area (Å²) in [7, 11) is 0. The number of hydrogen-bond donors (Lipinski definition) is 1. The van der Waals surface area contributed by atoms with Gasteiger partial charge in [0, 0.05) is 0 Å². The lowest BCUT2D eigenvalue weighted by molar-refractivity contribution is -0.158. The van der Waals surface area contributed by atoms with Gasteiger partial charge in [-0.2, -0.15) is 26.3 Å². The van der Waals surface area contributed by atoms with Crippen molar-refractivity contribution in [1.82, 2.24) is 0 Å². The molecule has 4 nitrogen and oxygen atoms in total. The molecule has 0 aliphatic carbocycles. The van der Waals surface area contributed by atoms with Crippen molar-refractivity contribution in [1.29, 1.82) is 0 Å². The average molecular weight is 318 g/mol. The predicted octanol–water partition coefficient (Wildman–Crippen LogP) is 3.27. The summed E-state index contributed by atoms with van der Waals surface area (Å²) in [6, 6.07) is 2.79. The molecule has 0 aromatic heterocycles. The fourth-order valence-corrected chi connectivity index (χ4v) is 1.26. The maximum Gasteiger partial charge on any atom is 0.422 e. The fraction of sp³-hybridized carbons (Fsp3) is 0.364. The van der Waals surface area contributed by atoms with E-state index in [9.17, 15) is 31.1 Å². The van der Waals surface area contributed by atoms with Crippen LogP contribution in [0, 0.1) is 0 Å². The van der Waals surface area contributed by atoms with E-state index >= 15 is 0 Å². The predicted molar refractivity (Wildman–Crippen MR) is 56.5 cm³/mol. The quantitative estimate of drug-likeness (QED) is 0.847. The number of carboxylic acids is 1. The van der Waals surface area contributed by atoms with Gasteiger partial charge in [-0.05, 0) is 12.1 Å². The van der Waals surface area contributed by atoms with Gasteiger partial charge in [-0.15, -0.1) is 0 Å². The SMILES string of the molecule is O=C(O)c1cccc(OCC(F)(F)F)c1OCC(F)(F)F. The number of carbonyl (C=O) groups is 1. The second-order valence-electron chi connectivity index (χ2n) is 3.75. The highest BCUT2D eigenvalue weighted by molar-refractivity contribution is 5.92. The maximum absolute atomic E-state index is 12.1. The minimum Gasteiger partial charge on any atom is -0.480 e. The van der Waals surface area contributed by atoms with Crippen LogP contribution >= 0.6 is 0 Å². The first kappa shape index (κ1) is 16.9. The highest BCUT2D eigenvalue weighted by Gasteiger charge is 2.32. The van der Waals surface area contributed by atoms with Crippen molar-refractivity contribution in [2.75, 3.05) is 13.2 Å². The first-order chi connectivity index (χ1) is 9.49. The van der Waals surface area contributed by atoms with E-state index in [0.29, 0.717) is 0 Å².